The summed E-state index contributed by atoms with van der Waals surface area (Å²) >= 11 is 2.19. The quantitative estimate of drug-likeness (QED) is 0.794. The molecule has 1 aromatic heterocycles. The van der Waals surface area contributed by atoms with Crippen LogP contribution in [0.1, 0.15) is 29.8 Å². The summed E-state index contributed by atoms with van der Waals surface area (Å²) < 4.78 is 6.59. The maximum atomic E-state index is 12.2. The van der Waals surface area contributed by atoms with Gasteiger partial charge < -0.3 is 10.1 Å². The zero-order chi connectivity index (χ0) is 15.4. The van der Waals surface area contributed by atoms with Gasteiger partial charge in [0.1, 0.15) is 11.6 Å². The second-order valence-electron chi connectivity index (χ2n) is 4.96. The highest BCUT2D eigenvalue weighted by Gasteiger charge is 2.09. The average molecular weight is 396 g/mol. The van der Waals surface area contributed by atoms with Crippen molar-refractivity contribution in [1.82, 2.24) is 4.98 Å². The van der Waals surface area contributed by atoms with Crippen molar-refractivity contribution in [2.75, 3.05) is 5.32 Å². The molecule has 0 radical (unpaired) electrons. The van der Waals surface area contributed by atoms with Crippen LogP contribution in [0.4, 0.5) is 5.82 Å². The number of nitrogens with zero attached hydrogens (tertiary/aromatic N) is 1. The predicted molar refractivity (Wildman–Crippen MR) is 91.9 cm³/mol. The highest BCUT2D eigenvalue weighted by atomic mass is 127. The van der Waals surface area contributed by atoms with E-state index in [1.54, 1.807) is 30.5 Å². The number of aromatic nitrogens is 1. The van der Waals surface area contributed by atoms with Gasteiger partial charge in [0.2, 0.25) is 0 Å². The van der Waals surface area contributed by atoms with E-state index in [4.69, 9.17) is 4.74 Å². The molecule has 0 spiro atoms. The lowest BCUT2D eigenvalue weighted by Gasteiger charge is -2.10. The smallest absolute Gasteiger partial charge is 0.256 e. The maximum Gasteiger partial charge on any atom is 0.256 e. The summed E-state index contributed by atoms with van der Waals surface area (Å²) in [5, 5.41) is 2.82. The first-order chi connectivity index (χ1) is 9.95. The average Bonchev–Trinajstić information content (AvgIpc) is 2.42. The Kier molecular flexibility index (Phi) is 5.17. The van der Waals surface area contributed by atoms with Gasteiger partial charge in [0.15, 0.2) is 0 Å². The number of hydrogen-bond donors (Lipinski definition) is 1. The van der Waals surface area contributed by atoms with Crippen LogP contribution in [0.2, 0.25) is 0 Å². The number of carbonyl (C=O) groups is 1. The number of anilines is 1. The molecular formula is C16H17IN2O2. The lowest BCUT2D eigenvalue weighted by molar-refractivity contribution is 0.102. The van der Waals surface area contributed by atoms with Crippen molar-refractivity contribution >= 4 is 34.3 Å². The Bertz CT molecular complexity index is 639. The first-order valence-electron chi connectivity index (χ1n) is 6.66. The maximum absolute atomic E-state index is 12.2. The van der Waals surface area contributed by atoms with Crippen LogP contribution in [0.3, 0.4) is 0 Å². The van der Waals surface area contributed by atoms with Crippen molar-refractivity contribution in [3.8, 4) is 5.75 Å². The summed E-state index contributed by atoms with van der Waals surface area (Å²) in [6.45, 7) is 5.85. The van der Waals surface area contributed by atoms with E-state index < -0.39 is 0 Å². The molecule has 0 aliphatic rings. The van der Waals surface area contributed by atoms with Gasteiger partial charge in [0.25, 0.3) is 5.91 Å². The minimum atomic E-state index is -0.178. The lowest BCUT2D eigenvalue weighted by atomic mass is 10.2. The summed E-state index contributed by atoms with van der Waals surface area (Å²) in [6, 6.07) is 9.05. The zero-order valence-electron chi connectivity index (χ0n) is 12.2. The van der Waals surface area contributed by atoms with E-state index in [1.807, 2.05) is 26.8 Å². The largest absolute Gasteiger partial charge is 0.491 e. The van der Waals surface area contributed by atoms with Gasteiger partial charge in [-0.2, -0.15) is 0 Å². The zero-order valence-corrected chi connectivity index (χ0v) is 14.3. The molecule has 1 aromatic carbocycles. The SMILES string of the molecule is Cc1cc(I)cnc1NC(=O)c1ccc(OC(C)C)cc1. The van der Waals surface area contributed by atoms with Gasteiger partial charge in [-0.1, -0.05) is 0 Å². The molecule has 1 amide bonds. The first kappa shape index (κ1) is 15.8. The second kappa shape index (κ2) is 6.89. The molecule has 4 nitrogen and oxygen atoms in total. The van der Waals surface area contributed by atoms with E-state index in [0.717, 1.165) is 14.9 Å². The Balaban J connectivity index is 2.09. The van der Waals surface area contributed by atoms with E-state index in [9.17, 15) is 4.79 Å². The number of carbonyl (C=O) groups excluding carboxylic acids is 1. The molecular weight excluding hydrogens is 379 g/mol. The molecule has 110 valence electrons. The molecule has 0 atom stereocenters. The Morgan fingerprint density at radius 2 is 1.95 bits per heavy atom. The molecule has 0 unspecified atom stereocenters. The summed E-state index contributed by atoms with van der Waals surface area (Å²) in [7, 11) is 0. The standard InChI is InChI=1S/C16H17IN2O2/c1-10(2)21-14-6-4-12(5-7-14)16(20)19-15-11(3)8-13(17)9-18-15/h4-10H,1-3H3,(H,18,19,20). The number of benzene rings is 1. The molecule has 21 heavy (non-hydrogen) atoms. The van der Waals surface area contributed by atoms with Crippen LogP contribution in [-0.2, 0) is 0 Å². The molecule has 2 aromatic rings. The first-order valence-corrected chi connectivity index (χ1v) is 7.74. The number of ether oxygens (including phenoxy) is 1. The minimum Gasteiger partial charge on any atom is -0.491 e. The molecule has 0 bridgehead atoms. The van der Waals surface area contributed by atoms with Crippen molar-refractivity contribution in [2.24, 2.45) is 0 Å². The Labute approximate surface area is 138 Å². The van der Waals surface area contributed by atoms with Crippen molar-refractivity contribution in [1.29, 1.82) is 0 Å². The predicted octanol–water partition coefficient (Wildman–Crippen LogP) is 4.03. The summed E-state index contributed by atoms with van der Waals surface area (Å²) in [5.41, 5.74) is 1.51. The fourth-order valence-electron chi connectivity index (χ4n) is 1.81. The van der Waals surface area contributed by atoms with Gasteiger partial charge in [-0.15, -0.1) is 0 Å². The number of amides is 1. The molecule has 0 aliphatic carbocycles. The summed E-state index contributed by atoms with van der Waals surface area (Å²) in [5.74, 6) is 1.16. The van der Waals surface area contributed by atoms with Crippen LogP contribution in [0.25, 0.3) is 0 Å². The van der Waals surface area contributed by atoms with Crippen LogP contribution in [-0.4, -0.2) is 17.0 Å². The number of rotatable bonds is 4. The molecule has 0 fully saturated rings. The highest BCUT2D eigenvalue weighted by molar-refractivity contribution is 14.1. The van der Waals surface area contributed by atoms with E-state index in [0.29, 0.717) is 11.4 Å². The minimum absolute atomic E-state index is 0.114. The van der Waals surface area contributed by atoms with Crippen molar-refractivity contribution in [3.63, 3.8) is 0 Å². The number of aryl methyl sites for hydroxylation is 1. The number of nitrogens with one attached hydrogen (secondary N) is 1. The van der Waals surface area contributed by atoms with Crippen LogP contribution in [0.15, 0.2) is 36.5 Å². The summed E-state index contributed by atoms with van der Waals surface area (Å²) in [6.07, 6.45) is 1.84. The van der Waals surface area contributed by atoms with E-state index in [1.165, 1.54) is 0 Å². The van der Waals surface area contributed by atoms with Gasteiger partial charge in [-0.25, -0.2) is 4.98 Å². The fourth-order valence-corrected chi connectivity index (χ4v) is 2.41. The fraction of sp³-hybridized carbons (Fsp3) is 0.250. The third kappa shape index (κ3) is 4.42. The molecule has 1 N–H and O–H groups in total. The van der Waals surface area contributed by atoms with Gasteiger partial charge in [0.05, 0.1) is 6.10 Å². The lowest BCUT2D eigenvalue weighted by Crippen LogP contribution is -2.14. The molecule has 0 aliphatic heterocycles. The van der Waals surface area contributed by atoms with Crippen LogP contribution in [0, 0.1) is 10.5 Å². The van der Waals surface area contributed by atoms with Gasteiger partial charge in [0, 0.05) is 15.3 Å². The Hall–Kier alpha value is -1.63. The van der Waals surface area contributed by atoms with Crippen molar-refractivity contribution < 1.29 is 9.53 Å². The second-order valence-corrected chi connectivity index (χ2v) is 6.21. The Morgan fingerprint density at radius 3 is 2.52 bits per heavy atom. The molecule has 5 heteroatoms. The van der Waals surface area contributed by atoms with Crippen LogP contribution in [0.5, 0.6) is 5.75 Å². The number of halogens is 1. The van der Waals surface area contributed by atoms with Gasteiger partial charge in [-0.05, 0) is 79.3 Å². The van der Waals surface area contributed by atoms with E-state index >= 15 is 0 Å². The molecule has 1 heterocycles. The van der Waals surface area contributed by atoms with Gasteiger partial charge >= 0.3 is 0 Å². The van der Waals surface area contributed by atoms with Crippen LogP contribution >= 0.6 is 22.6 Å². The molecule has 2 rings (SSSR count). The molecule has 0 saturated carbocycles. The third-order valence-corrected chi connectivity index (χ3v) is 3.36. The normalized spacial score (nSPS) is 10.5. The molecule has 0 saturated heterocycles. The monoisotopic (exact) mass is 396 g/mol. The number of pyridine rings is 1. The van der Waals surface area contributed by atoms with E-state index in [2.05, 4.69) is 32.9 Å². The highest BCUT2D eigenvalue weighted by Crippen LogP contribution is 2.17. The van der Waals surface area contributed by atoms with E-state index in [-0.39, 0.29) is 12.0 Å². The van der Waals surface area contributed by atoms with Crippen molar-refractivity contribution in [3.05, 3.63) is 51.2 Å². The van der Waals surface area contributed by atoms with Crippen molar-refractivity contribution in [2.45, 2.75) is 26.9 Å². The topological polar surface area (TPSA) is 51.2 Å². The number of hydrogen-bond acceptors (Lipinski definition) is 3. The third-order valence-electron chi connectivity index (χ3n) is 2.77. The Morgan fingerprint density at radius 1 is 1.29 bits per heavy atom. The van der Waals surface area contributed by atoms with Gasteiger partial charge in [-0.3, -0.25) is 4.79 Å². The summed E-state index contributed by atoms with van der Waals surface area (Å²) in [4.78, 5) is 16.4. The van der Waals surface area contributed by atoms with Crippen LogP contribution < -0.4 is 10.1 Å².